The fraction of sp³-hybridized carbons (Fsp3) is 0.643. The van der Waals surface area contributed by atoms with Crippen molar-refractivity contribution in [1.82, 2.24) is 4.98 Å². The Bertz CT molecular complexity index is 411. The Morgan fingerprint density at radius 1 is 1.35 bits per heavy atom. The van der Waals surface area contributed by atoms with E-state index in [1.807, 2.05) is 6.20 Å². The molecule has 3 heteroatoms. The predicted octanol–water partition coefficient (Wildman–Crippen LogP) is 3.51. The summed E-state index contributed by atoms with van der Waals surface area (Å²) in [6, 6.07) is 2.93. The molecule has 1 aromatic rings. The number of anilines is 1. The molecule has 0 bridgehead atoms. The molecular formula is C14H19ClN2. The summed E-state index contributed by atoms with van der Waals surface area (Å²) < 4.78 is 0. The molecule has 0 radical (unpaired) electrons. The summed E-state index contributed by atoms with van der Waals surface area (Å²) in [5.74, 6) is 2.66. The van der Waals surface area contributed by atoms with Gasteiger partial charge in [0, 0.05) is 24.7 Å². The second-order valence-corrected chi connectivity index (χ2v) is 5.71. The number of hydrogen-bond acceptors (Lipinski definition) is 2. The average molecular weight is 251 g/mol. The molecule has 1 heterocycles. The van der Waals surface area contributed by atoms with Gasteiger partial charge in [-0.1, -0.05) is 0 Å². The summed E-state index contributed by atoms with van der Waals surface area (Å²) >= 11 is 5.85. The van der Waals surface area contributed by atoms with Crippen LogP contribution in [-0.4, -0.2) is 17.6 Å². The average Bonchev–Trinajstić information content (AvgIpc) is 3.18. The van der Waals surface area contributed by atoms with E-state index < -0.39 is 0 Å². The lowest BCUT2D eigenvalue weighted by Crippen LogP contribution is -2.29. The van der Waals surface area contributed by atoms with Crippen LogP contribution in [0.2, 0.25) is 0 Å². The molecule has 1 aromatic heterocycles. The van der Waals surface area contributed by atoms with Crippen LogP contribution in [0.1, 0.15) is 36.8 Å². The predicted molar refractivity (Wildman–Crippen MR) is 71.6 cm³/mol. The normalized spacial score (nSPS) is 19.4. The van der Waals surface area contributed by atoms with E-state index in [9.17, 15) is 0 Å². The number of rotatable bonds is 5. The first-order chi connectivity index (χ1) is 8.28. The Balaban J connectivity index is 1.83. The van der Waals surface area contributed by atoms with Gasteiger partial charge in [-0.3, -0.25) is 0 Å². The quantitative estimate of drug-likeness (QED) is 0.744. The van der Waals surface area contributed by atoms with Crippen LogP contribution in [0, 0.1) is 12.8 Å². The van der Waals surface area contributed by atoms with Gasteiger partial charge in [0.05, 0.1) is 0 Å². The van der Waals surface area contributed by atoms with E-state index in [1.54, 1.807) is 0 Å². The third-order valence-electron chi connectivity index (χ3n) is 3.67. The highest BCUT2D eigenvalue weighted by atomic mass is 35.5. The lowest BCUT2D eigenvalue weighted by atomic mass is 10.2. The fourth-order valence-corrected chi connectivity index (χ4v) is 2.52. The van der Waals surface area contributed by atoms with Crippen LogP contribution in [0.4, 0.5) is 5.82 Å². The van der Waals surface area contributed by atoms with Crippen molar-refractivity contribution in [2.45, 2.75) is 44.5 Å². The summed E-state index contributed by atoms with van der Waals surface area (Å²) in [4.78, 5) is 7.17. The Kier molecular flexibility index (Phi) is 2.99. The van der Waals surface area contributed by atoms with Crippen LogP contribution in [0.25, 0.3) is 0 Å². The van der Waals surface area contributed by atoms with Gasteiger partial charge in [-0.15, -0.1) is 11.6 Å². The minimum Gasteiger partial charge on any atom is -0.353 e. The molecular weight excluding hydrogens is 232 g/mol. The van der Waals surface area contributed by atoms with Crippen LogP contribution >= 0.6 is 11.6 Å². The van der Waals surface area contributed by atoms with Crippen LogP contribution in [0.15, 0.2) is 12.3 Å². The highest BCUT2D eigenvalue weighted by molar-refractivity contribution is 6.17. The highest BCUT2D eigenvalue weighted by Crippen LogP contribution is 2.38. The first-order valence-corrected chi connectivity index (χ1v) is 7.09. The molecule has 2 aliphatic rings. The van der Waals surface area contributed by atoms with E-state index in [-0.39, 0.29) is 0 Å². The molecule has 3 rings (SSSR count). The van der Waals surface area contributed by atoms with Crippen molar-refractivity contribution in [2.24, 2.45) is 5.92 Å². The monoisotopic (exact) mass is 250 g/mol. The number of nitrogens with zero attached hydrogens (tertiary/aromatic N) is 2. The fourth-order valence-electron chi connectivity index (χ4n) is 2.37. The molecule has 2 saturated carbocycles. The summed E-state index contributed by atoms with van der Waals surface area (Å²) in [7, 11) is 0. The SMILES string of the molecule is Cc1cc(CCl)cnc1N(CC1CC1)C1CC1. The van der Waals surface area contributed by atoms with Gasteiger partial charge in [0.25, 0.3) is 0 Å². The third kappa shape index (κ3) is 2.57. The summed E-state index contributed by atoms with van der Waals surface area (Å²) in [6.45, 7) is 3.36. The first kappa shape index (κ1) is 11.3. The van der Waals surface area contributed by atoms with Gasteiger partial charge in [-0.05, 0) is 55.7 Å². The molecule has 0 spiro atoms. The van der Waals surface area contributed by atoms with Gasteiger partial charge in [0.1, 0.15) is 5.82 Å². The number of aryl methyl sites for hydroxylation is 1. The maximum atomic E-state index is 5.85. The number of pyridine rings is 1. The topological polar surface area (TPSA) is 16.1 Å². The summed E-state index contributed by atoms with van der Waals surface area (Å²) in [5.41, 5.74) is 2.39. The van der Waals surface area contributed by atoms with Crippen molar-refractivity contribution >= 4 is 17.4 Å². The van der Waals surface area contributed by atoms with Crippen molar-refractivity contribution in [3.63, 3.8) is 0 Å². The second kappa shape index (κ2) is 4.49. The molecule has 2 aliphatic carbocycles. The maximum Gasteiger partial charge on any atom is 0.131 e. The van der Waals surface area contributed by atoms with Gasteiger partial charge in [0.2, 0.25) is 0 Å². The Labute approximate surface area is 108 Å². The van der Waals surface area contributed by atoms with Crippen molar-refractivity contribution in [1.29, 1.82) is 0 Å². The molecule has 0 aliphatic heterocycles. The lowest BCUT2D eigenvalue weighted by Gasteiger charge is -2.25. The van der Waals surface area contributed by atoms with E-state index in [0.29, 0.717) is 5.88 Å². The molecule has 17 heavy (non-hydrogen) atoms. The van der Waals surface area contributed by atoms with Crippen molar-refractivity contribution in [3.8, 4) is 0 Å². The second-order valence-electron chi connectivity index (χ2n) is 5.44. The van der Waals surface area contributed by atoms with Crippen molar-refractivity contribution < 1.29 is 0 Å². The van der Waals surface area contributed by atoms with E-state index in [4.69, 9.17) is 11.6 Å². The van der Waals surface area contributed by atoms with Gasteiger partial charge < -0.3 is 4.90 Å². The Morgan fingerprint density at radius 3 is 2.65 bits per heavy atom. The largest absolute Gasteiger partial charge is 0.353 e. The minimum atomic E-state index is 0.556. The van der Waals surface area contributed by atoms with Gasteiger partial charge in [-0.25, -0.2) is 4.98 Å². The van der Waals surface area contributed by atoms with Gasteiger partial charge in [-0.2, -0.15) is 0 Å². The van der Waals surface area contributed by atoms with E-state index in [2.05, 4.69) is 22.9 Å². The molecule has 0 amide bonds. The third-order valence-corrected chi connectivity index (χ3v) is 3.98. The molecule has 0 atom stereocenters. The lowest BCUT2D eigenvalue weighted by molar-refractivity contribution is 0.706. The molecule has 0 unspecified atom stereocenters. The Morgan fingerprint density at radius 2 is 2.12 bits per heavy atom. The summed E-state index contributed by atoms with van der Waals surface area (Å²) in [5, 5.41) is 0. The molecule has 0 aromatic carbocycles. The van der Waals surface area contributed by atoms with E-state index in [0.717, 1.165) is 17.5 Å². The first-order valence-electron chi connectivity index (χ1n) is 6.56. The number of aromatic nitrogens is 1. The van der Waals surface area contributed by atoms with E-state index in [1.165, 1.54) is 43.6 Å². The summed E-state index contributed by atoms with van der Waals surface area (Å²) in [6.07, 6.45) is 7.41. The van der Waals surface area contributed by atoms with Gasteiger partial charge >= 0.3 is 0 Å². The molecule has 2 fully saturated rings. The van der Waals surface area contributed by atoms with Crippen LogP contribution < -0.4 is 4.90 Å². The number of alkyl halides is 1. The van der Waals surface area contributed by atoms with Crippen molar-refractivity contribution in [2.75, 3.05) is 11.4 Å². The molecule has 92 valence electrons. The highest BCUT2D eigenvalue weighted by Gasteiger charge is 2.34. The Hall–Kier alpha value is -0.760. The standard InChI is InChI=1S/C14H19ClN2/c1-10-6-12(7-15)8-16-14(10)17(13-4-5-13)9-11-2-3-11/h6,8,11,13H,2-5,7,9H2,1H3. The zero-order chi connectivity index (χ0) is 11.8. The zero-order valence-electron chi connectivity index (χ0n) is 10.3. The molecule has 2 nitrogen and oxygen atoms in total. The minimum absolute atomic E-state index is 0.556. The van der Waals surface area contributed by atoms with E-state index >= 15 is 0 Å². The molecule has 0 saturated heterocycles. The smallest absolute Gasteiger partial charge is 0.131 e. The van der Waals surface area contributed by atoms with Crippen LogP contribution in [-0.2, 0) is 5.88 Å². The zero-order valence-corrected chi connectivity index (χ0v) is 11.1. The number of hydrogen-bond donors (Lipinski definition) is 0. The molecule has 0 N–H and O–H groups in total. The van der Waals surface area contributed by atoms with Crippen LogP contribution in [0.3, 0.4) is 0 Å². The van der Waals surface area contributed by atoms with Crippen LogP contribution in [0.5, 0.6) is 0 Å². The van der Waals surface area contributed by atoms with Gasteiger partial charge in [0.15, 0.2) is 0 Å². The number of halogens is 1. The maximum absolute atomic E-state index is 5.85. The van der Waals surface area contributed by atoms with Crippen molar-refractivity contribution in [3.05, 3.63) is 23.4 Å².